The van der Waals surface area contributed by atoms with E-state index in [0.717, 1.165) is 29.2 Å². The number of thioether (sulfide) groups is 1. The molecule has 1 amide bonds. The highest BCUT2D eigenvalue weighted by atomic mass is 32.2. The largest absolute Gasteiger partial charge is 0.307 e. The third kappa shape index (κ3) is 4.02. The second kappa shape index (κ2) is 8.10. The lowest BCUT2D eigenvalue weighted by Crippen LogP contribution is -2.42. The van der Waals surface area contributed by atoms with Gasteiger partial charge in [0.05, 0.1) is 10.9 Å². The molecule has 6 heteroatoms. The molecule has 0 bridgehead atoms. The van der Waals surface area contributed by atoms with Crippen LogP contribution >= 0.6 is 11.8 Å². The first-order valence-electron chi connectivity index (χ1n) is 8.39. The van der Waals surface area contributed by atoms with E-state index in [2.05, 4.69) is 6.58 Å². The topological polar surface area (TPSA) is 54.5 Å². The molecule has 2 aromatic rings. The van der Waals surface area contributed by atoms with E-state index in [0.29, 0.717) is 0 Å². The van der Waals surface area contributed by atoms with Gasteiger partial charge >= 0.3 is 0 Å². The number of hydrogen-bond acceptors (Lipinski definition) is 4. The Morgan fingerprint density at radius 2 is 1.85 bits per heavy atom. The average molecular weight is 388 g/mol. The number of amides is 1. The van der Waals surface area contributed by atoms with Gasteiger partial charge in [-0.05, 0) is 30.2 Å². The third-order valence-electron chi connectivity index (χ3n) is 4.30. The molecule has 0 N–H and O–H groups in total. The first-order valence-corrected chi connectivity index (χ1v) is 11.2. The maximum Gasteiger partial charge on any atom is 0.242 e. The van der Waals surface area contributed by atoms with Crippen molar-refractivity contribution in [1.82, 2.24) is 0 Å². The fourth-order valence-electron chi connectivity index (χ4n) is 3.16. The minimum Gasteiger partial charge on any atom is -0.307 e. The molecule has 1 unspecified atom stereocenters. The Bertz CT molecular complexity index is 894. The van der Waals surface area contributed by atoms with E-state index in [9.17, 15) is 13.2 Å². The van der Waals surface area contributed by atoms with Crippen molar-refractivity contribution in [3.63, 3.8) is 0 Å². The Morgan fingerprint density at radius 3 is 2.58 bits per heavy atom. The van der Waals surface area contributed by atoms with Crippen molar-refractivity contribution in [2.75, 3.05) is 22.2 Å². The summed E-state index contributed by atoms with van der Waals surface area (Å²) < 4.78 is 25.2. The molecular weight excluding hydrogens is 366 g/mol. The highest BCUT2D eigenvalue weighted by Crippen LogP contribution is 2.34. The van der Waals surface area contributed by atoms with Gasteiger partial charge in [-0.15, -0.1) is 6.58 Å². The van der Waals surface area contributed by atoms with Crippen LogP contribution in [0.1, 0.15) is 5.56 Å². The molecule has 0 saturated heterocycles. The number of sulfone groups is 1. The Morgan fingerprint density at radius 1 is 1.15 bits per heavy atom. The van der Waals surface area contributed by atoms with Gasteiger partial charge in [0.1, 0.15) is 5.75 Å². The Hall–Kier alpha value is -2.05. The lowest BCUT2D eigenvalue weighted by Gasteiger charge is -2.25. The zero-order valence-electron chi connectivity index (χ0n) is 14.4. The third-order valence-corrected chi connectivity index (χ3v) is 7.01. The quantitative estimate of drug-likeness (QED) is 0.540. The maximum atomic E-state index is 13.0. The van der Waals surface area contributed by atoms with Crippen LogP contribution in [0.25, 0.3) is 0 Å². The molecule has 0 aromatic heterocycles. The Labute approximate surface area is 158 Å². The number of rotatable bonds is 7. The summed E-state index contributed by atoms with van der Waals surface area (Å²) in [5, 5.41) is 0. The van der Waals surface area contributed by atoms with Crippen LogP contribution < -0.4 is 4.90 Å². The fraction of sp³-hybridized carbons (Fsp3) is 0.250. The van der Waals surface area contributed by atoms with E-state index < -0.39 is 15.6 Å². The van der Waals surface area contributed by atoms with Crippen LogP contribution in [0.2, 0.25) is 0 Å². The normalized spacial score (nSPS) is 16.3. The summed E-state index contributed by atoms with van der Waals surface area (Å²) in [6.45, 7) is 3.72. The van der Waals surface area contributed by atoms with E-state index in [1.165, 1.54) is 12.1 Å². The van der Waals surface area contributed by atoms with Crippen LogP contribution in [0.3, 0.4) is 0 Å². The van der Waals surface area contributed by atoms with Crippen molar-refractivity contribution < 1.29 is 13.2 Å². The summed E-state index contributed by atoms with van der Waals surface area (Å²) in [7, 11) is -3.66. The average Bonchev–Trinajstić information content (AvgIpc) is 3.01. The standard InChI is InChI=1S/C20H21NO3S2/c1-2-12-25-14-17-13-16-8-6-7-11-19(16)21(17)20(22)15-26(23,24)18-9-4-3-5-10-18/h2-11,17H,1,12-15H2. The number of benzene rings is 2. The molecule has 4 nitrogen and oxygen atoms in total. The van der Waals surface area contributed by atoms with Gasteiger partial charge in [-0.25, -0.2) is 8.42 Å². The Balaban J connectivity index is 1.84. The summed E-state index contributed by atoms with van der Waals surface area (Å²) in [5.74, 6) is 0.659. The SMILES string of the molecule is C=CCSCC1Cc2ccccc2N1C(=O)CS(=O)(=O)c1ccccc1. The molecule has 2 aromatic carbocycles. The molecule has 1 aliphatic rings. The van der Waals surface area contributed by atoms with Crippen LogP contribution in [-0.4, -0.2) is 37.6 Å². The molecule has 0 spiro atoms. The molecule has 0 radical (unpaired) electrons. The predicted molar refractivity (Wildman–Crippen MR) is 107 cm³/mol. The molecule has 1 aliphatic heterocycles. The number of fused-ring (bicyclic) bond motifs is 1. The monoisotopic (exact) mass is 387 g/mol. The van der Waals surface area contributed by atoms with Gasteiger partial charge in [-0.3, -0.25) is 4.79 Å². The maximum absolute atomic E-state index is 13.0. The molecule has 3 rings (SSSR count). The predicted octanol–water partition coefficient (Wildman–Crippen LogP) is 3.34. The zero-order valence-corrected chi connectivity index (χ0v) is 16.0. The Kier molecular flexibility index (Phi) is 5.84. The molecule has 1 heterocycles. The smallest absolute Gasteiger partial charge is 0.242 e. The van der Waals surface area contributed by atoms with Crippen molar-refractivity contribution in [2.45, 2.75) is 17.4 Å². The van der Waals surface area contributed by atoms with E-state index in [1.807, 2.05) is 30.3 Å². The number of hydrogen-bond donors (Lipinski definition) is 0. The van der Waals surface area contributed by atoms with Crippen LogP contribution in [0.15, 0.2) is 72.1 Å². The molecule has 0 saturated carbocycles. The van der Waals surface area contributed by atoms with Crippen LogP contribution in [0, 0.1) is 0 Å². The first-order chi connectivity index (χ1) is 12.5. The molecule has 0 aliphatic carbocycles. The number of carbonyl (C=O) groups is 1. The highest BCUT2D eigenvalue weighted by molar-refractivity contribution is 7.99. The van der Waals surface area contributed by atoms with Gasteiger partial charge in [0.25, 0.3) is 0 Å². The van der Waals surface area contributed by atoms with Crippen molar-refractivity contribution in [3.8, 4) is 0 Å². The second-order valence-electron chi connectivity index (χ2n) is 6.15. The lowest BCUT2D eigenvalue weighted by molar-refractivity contribution is -0.116. The van der Waals surface area contributed by atoms with Gasteiger partial charge < -0.3 is 4.90 Å². The summed E-state index contributed by atoms with van der Waals surface area (Å²) in [4.78, 5) is 14.8. The highest BCUT2D eigenvalue weighted by Gasteiger charge is 2.35. The summed E-state index contributed by atoms with van der Waals surface area (Å²) in [6.07, 6.45) is 2.58. The van der Waals surface area contributed by atoms with Gasteiger partial charge in [0, 0.05) is 17.2 Å². The first kappa shape index (κ1) is 18.7. The molecule has 136 valence electrons. The molecule has 26 heavy (non-hydrogen) atoms. The van der Waals surface area contributed by atoms with E-state index in [4.69, 9.17) is 0 Å². The second-order valence-corrected chi connectivity index (χ2v) is 9.21. The van der Waals surface area contributed by atoms with Gasteiger partial charge in [0.15, 0.2) is 9.84 Å². The molecule has 1 atom stereocenters. The van der Waals surface area contributed by atoms with Crippen LogP contribution in [0.4, 0.5) is 5.69 Å². The molecule has 0 fully saturated rings. The number of para-hydroxylation sites is 1. The summed E-state index contributed by atoms with van der Waals surface area (Å²) in [6, 6.07) is 15.8. The van der Waals surface area contributed by atoms with Gasteiger partial charge in [0.2, 0.25) is 5.91 Å². The van der Waals surface area contributed by atoms with Gasteiger partial charge in [-0.1, -0.05) is 42.5 Å². The van der Waals surface area contributed by atoms with E-state index >= 15 is 0 Å². The molecular formula is C20H21NO3S2. The van der Waals surface area contributed by atoms with Crippen LogP contribution in [0.5, 0.6) is 0 Å². The van der Waals surface area contributed by atoms with E-state index in [-0.39, 0.29) is 16.8 Å². The van der Waals surface area contributed by atoms with Crippen molar-refractivity contribution in [3.05, 3.63) is 72.8 Å². The van der Waals surface area contributed by atoms with Crippen molar-refractivity contribution in [1.29, 1.82) is 0 Å². The fourth-order valence-corrected chi connectivity index (χ4v) is 5.21. The minimum absolute atomic E-state index is 0.0316. The number of carbonyl (C=O) groups excluding carboxylic acids is 1. The minimum atomic E-state index is -3.66. The zero-order chi connectivity index (χ0) is 18.6. The van der Waals surface area contributed by atoms with Crippen molar-refractivity contribution >= 4 is 33.2 Å². The summed E-state index contributed by atoms with van der Waals surface area (Å²) in [5.41, 5.74) is 1.91. The summed E-state index contributed by atoms with van der Waals surface area (Å²) >= 11 is 1.70. The van der Waals surface area contributed by atoms with E-state index in [1.54, 1.807) is 34.9 Å². The van der Waals surface area contributed by atoms with Crippen LogP contribution in [-0.2, 0) is 21.1 Å². The number of anilines is 1. The van der Waals surface area contributed by atoms with Crippen molar-refractivity contribution in [2.24, 2.45) is 0 Å². The van der Waals surface area contributed by atoms with Gasteiger partial charge in [-0.2, -0.15) is 11.8 Å². The number of nitrogens with zero attached hydrogens (tertiary/aromatic N) is 1. The lowest BCUT2D eigenvalue weighted by atomic mass is 10.1.